The quantitative estimate of drug-likeness (QED) is 0.491. The zero-order chi connectivity index (χ0) is 18.6. The van der Waals surface area contributed by atoms with Crippen LogP contribution in [0.1, 0.15) is 0 Å². The van der Waals surface area contributed by atoms with Crippen LogP contribution in [0, 0.1) is 11.3 Å². The Morgan fingerprint density at radius 1 is 1.04 bits per heavy atom. The van der Waals surface area contributed by atoms with Crippen molar-refractivity contribution in [1.29, 1.82) is 5.26 Å². The van der Waals surface area contributed by atoms with Gasteiger partial charge in [0.15, 0.2) is 0 Å². The van der Waals surface area contributed by atoms with E-state index in [1.807, 2.05) is 60.7 Å². The first kappa shape index (κ1) is 17.1. The SMILES string of the molecule is COc1ccc(-c2cc(-c3ccccc3)nc3nc(SCC#N)nn23)cc1. The number of rotatable bonds is 5. The maximum absolute atomic E-state index is 8.82. The average molecular weight is 373 g/mol. The second-order valence-corrected chi connectivity index (χ2v) is 6.62. The Kier molecular flexibility index (Phi) is 4.73. The molecule has 2 aromatic heterocycles. The highest BCUT2D eigenvalue weighted by molar-refractivity contribution is 7.99. The van der Waals surface area contributed by atoms with Crippen molar-refractivity contribution in [2.45, 2.75) is 5.16 Å². The van der Waals surface area contributed by atoms with Gasteiger partial charge < -0.3 is 4.74 Å². The Hall–Kier alpha value is -3.37. The van der Waals surface area contributed by atoms with E-state index in [1.165, 1.54) is 11.8 Å². The summed E-state index contributed by atoms with van der Waals surface area (Å²) >= 11 is 1.29. The molecule has 132 valence electrons. The molecule has 0 unspecified atom stereocenters. The van der Waals surface area contributed by atoms with Crippen LogP contribution in [0.4, 0.5) is 0 Å². The first-order chi connectivity index (χ1) is 13.3. The smallest absolute Gasteiger partial charge is 0.254 e. The van der Waals surface area contributed by atoms with Crippen molar-refractivity contribution in [2.24, 2.45) is 0 Å². The van der Waals surface area contributed by atoms with E-state index >= 15 is 0 Å². The van der Waals surface area contributed by atoms with Crippen LogP contribution in [0.25, 0.3) is 28.3 Å². The van der Waals surface area contributed by atoms with Gasteiger partial charge in [0.25, 0.3) is 5.78 Å². The Bertz CT molecular complexity index is 1120. The van der Waals surface area contributed by atoms with Gasteiger partial charge in [-0.3, -0.25) is 0 Å². The second-order valence-electron chi connectivity index (χ2n) is 5.67. The molecule has 4 aromatic rings. The predicted molar refractivity (Wildman–Crippen MR) is 105 cm³/mol. The first-order valence-corrected chi connectivity index (χ1v) is 9.24. The van der Waals surface area contributed by atoms with Crippen LogP contribution < -0.4 is 4.74 Å². The van der Waals surface area contributed by atoms with Crippen molar-refractivity contribution in [3.8, 4) is 34.3 Å². The molecule has 2 heterocycles. The van der Waals surface area contributed by atoms with Crippen LogP contribution in [0.15, 0.2) is 65.8 Å². The zero-order valence-electron chi connectivity index (χ0n) is 14.5. The van der Waals surface area contributed by atoms with Crippen molar-refractivity contribution in [3.63, 3.8) is 0 Å². The van der Waals surface area contributed by atoms with E-state index in [9.17, 15) is 0 Å². The van der Waals surface area contributed by atoms with Crippen LogP contribution in [-0.2, 0) is 0 Å². The van der Waals surface area contributed by atoms with E-state index in [4.69, 9.17) is 10.00 Å². The lowest BCUT2D eigenvalue weighted by molar-refractivity contribution is 0.415. The summed E-state index contributed by atoms with van der Waals surface area (Å²) in [4.78, 5) is 9.15. The summed E-state index contributed by atoms with van der Waals surface area (Å²) in [5, 5.41) is 13.9. The molecule has 0 saturated heterocycles. The van der Waals surface area contributed by atoms with Gasteiger partial charge in [-0.25, -0.2) is 4.98 Å². The highest BCUT2D eigenvalue weighted by Crippen LogP contribution is 2.28. The van der Waals surface area contributed by atoms with Crippen molar-refractivity contribution in [3.05, 3.63) is 60.7 Å². The Labute approximate surface area is 160 Å². The molecule has 0 amide bonds. The van der Waals surface area contributed by atoms with Crippen LogP contribution in [0.2, 0.25) is 0 Å². The molecule has 0 N–H and O–H groups in total. The number of aromatic nitrogens is 4. The van der Waals surface area contributed by atoms with E-state index < -0.39 is 0 Å². The maximum Gasteiger partial charge on any atom is 0.254 e. The number of hydrogen-bond acceptors (Lipinski definition) is 6. The third-order valence-electron chi connectivity index (χ3n) is 4.01. The highest BCUT2D eigenvalue weighted by Gasteiger charge is 2.14. The minimum atomic E-state index is 0.292. The van der Waals surface area contributed by atoms with E-state index in [1.54, 1.807) is 11.6 Å². The monoisotopic (exact) mass is 373 g/mol. The molecule has 0 aliphatic rings. The number of methoxy groups -OCH3 is 1. The molecular weight excluding hydrogens is 358 g/mol. The first-order valence-electron chi connectivity index (χ1n) is 8.26. The molecular formula is C20H15N5OS. The fourth-order valence-corrected chi connectivity index (χ4v) is 3.21. The average Bonchev–Trinajstić information content (AvgIpc) is 3.15. The summed E-state index contributed by atoms with van der Waals surface area (Å²) in [5.41, 5.74) is 3.67. The molecule has 0 fully saturated rings. The van der Waals surface area contributed by atoms with E-state index in [0.29, 0.717) is 16.7 Å². The fraction of sp³-hybridized carbons (Fsp3) is 0.100. The Morgan fingerprint density at radius 3 is 2.52 bits per heavy atom. The third kappa shape index (κ3) is 3.48. The maximum atomic E-state index is 8.82. The molecule has 0 saturated carbocycles. The second kappa shape index (κ2) is 7.48. The Morgan fingerprint density at radius 2 is 1.81 bits per heavy atom. The molecule has 6 nitrogen and oxygen atoms in total. The number of ether oxygens (including phenoxy) is 1. The van der Waals surface area contributed by atoms with Gasteiger partial charge in [-0.05, 0) is 30.3 Å². The van der Waals surface area contributed by atoms with Crippen molar-refractivity contribution < 1.29 is 4.74 Å². The summed E-state index contributed by atoms with van der Waals surface area (Å²) in [7, 11) is 1.64. The number of hydrogen-bond donors (Lipinski definition) is 0. The minimum Gasteiger partial charge on any atom is -0.497 e. The molecule has 4 rings (SSSR count). The van der Waals surface area contributed by atoms with Crippen molar-refractivity contribution in [1.82, 2.24) is 19.6 Å². The molecule has 7 heteroatoms. The van der Waals surface area contributed by atoms with E-state index in [-0.39, 0.29) is 0 Å². The molecule has 0 spiro atoms. The zero-order valence-corrected chi connectivity index (χ0v) is 15.3. The minimum absolute atomic E-state index is 0.292. The summed E-state index contributed by atoms with van der Waals surface area (Å²) in [6.45, 7) is 0. The summed E-state index contributed by atoms with van der Waals surface area (Å²) in [6, 6.07) is 21.8. The molecule has 27 heavy (non-hydrogen) atoms. The standard InChI is InChI=1S/C20H15N5OS/c1-26-16-9-7-15(8-10-16)18-13-17(14-5-3-2-4-6-14)22-19-23-20(24-25(18)19)27-12-11-21/h2-10,13H,12H2,1H3. The number of nitriles is 1. The van der Waals surface area contributed by atoms with Gasteiger partial charge in [-0.1, -0.05) is 42.1 Å². The molecule has 0 aliphatic heterocycles. The molecule has 0 bridgehead atoms. The highest BCUT2D eigenvalue weighted by atomic mass is 32.2. The van der Waals surface area contributed by atoms with Gasteiger partial charge in [0.2, 0.25) is 5.16 Å². The topological polar surface area (TPSA) is 76.1 Å². The normalized spacial score (nSPS) is 10.7. The predicted octanol–water partition coefficient (Wildman–Crippen LogP) is 4.08. The van der Waals surface area contributed by atoms with Crippen molar-refractivity contribution in [2.75, 3.05) is 12.9 Å². The summed E-state index contributed by atoms with van der Waals surface area (Å²) in [5.74, 6) is 1.58. The molecule has 0 aliphatic carbocycles. The molecule has 0 atom stereocenters. The molecule has 0 radical (unpaired) electrons. The number of nitrogens with zero attached hydrogens (tertiary/aromatic N) is 5. The third-order valence-corrected chi connectivity index (χ3v) is 4.72. The van der Waals surface area contributed by atoms with Gasteiger partial charge in [-0.2, -0.15) is 14.8 Å². The van der Waals surface area contributed by atoms with Crippen LogP contribution in [0.3, 0.4) is 0 Å². The van der Waals surface area contributed by atoms with Crippen molar-refractivity contribution >= 4 is 17.5 Å². The lowest BCUT2D eigenvalue weighted by Crippen LogP contribution is -1.99. The largest absolute Gasteiger partial charge is 0.497 e. The lowest BCUT2D eigenvalue weighted by atomic mass is 10.1. The summed E-state index contributed by atoms with van der Waals surface area (Å²) < 4.78 is 6.97. The number of benzene rings is 2. The molecule has 2 aromatic carbocycles. The Balaban J connectivity index is 1.90. The van der Waals surface area contributed by atoms with Crippen LogP contribution in [0.5, 0.6) is 5.75 Å². The van der Waals surface area contributed by atoms with E-state index in [2.05, 4.69) is 21.1 Å². The van der Waals surface area contributed by atoms with Gasteiger partial charge in [0, 0.05) is 11.1 Å². The van der Waals surface area contributed by atoms with Crippen LogP contribution in [-0.4, -0.2) is 32.4 Å². The van der Waals surface area contributed by atoms with Gasteiger partial charge in [-0.15, -0.1) is 5.10 Å². The van der Waals surface area contributed by atoms with Gasteiger partial charge in [0.05, 0.1) is 30.3 Å². The fourth-order valence-electron chi connectivity index (χ4n) is 2.73. The number of fused-ring (bicyclic) bond motifs is 1. The number of thioether (sulfide) groups is 1. The summed E-state index contributed by atoms with van der Waals surface area (Å²) in [6.07, 6.45) is 0. The van der Waals surface area contributed by atoms with E-state index in [0.717, 1.165) is 28.3 Å². The van der Waals surface area contributed by atoms with Gasteiger partial charge in [0.1, 0.15) is 5.75 Å². The lowest BCUT2D eigenvalue weighted by Gasteiger charge is -2.08. The van der Waals surface area contributed by atoms with Crippen LogP contribution >= 0.6 is 11.8 Å². The van der Waals surface area contributed by atoms with Gasteiger partial charge >= 0.3 is 0 Å².